The van der Waals surface area contributed by atoms with Crippen molar-refractivity contribution in [2.45, 2.75) is 37.3 Å². The third-order valence-electron chi connectivity index (χ3n) is 6.31. The van der Waals surface area contributed by atoms with Crippen LogP contribution in [-0.4, -0.2) is 32.4 Å². The highest BCUT2D eigenvalue weighted by molar-refractivity contribution is 6.30. The standard InChI is InChI=1S/C24H22ClN3O3/c25-17-8-4-5-15(13-17)20(29)22(31)28-12-9-19-18(14-28)21(30)27-23(26-19)24(10-11-24)16-6-2-1-3-7-16/h1-8,13,20,29H,9-12,14H2,(H,26,27,30). The number of H-pyrrole nitrogens is 1. The summed E-state index contributed by atoms with van der Waals surface area (Å²) in [7, 11) is 0. The number of aliphatic hydroxyl groups is 1. The van der Waals surface area contributed by atoms with E-state index in [1.807, 2.05) is 18.2 Å². The van der Waals surface area contributed by atoms with E-state index in [0.29, 0.717) is 34.9 Å². The van der Waals surface area contributed by atoms with Gasteiger partial charge in [-0.2, -0.15) is 0 Å². The number of rotatable bonds is 4. The van der Waals surface area contributed by atoms with Crippen molar-refractivity contribution in [2.75, 3.05) is 6.54 Å². The van der Waals surface area contributed by atoms with Gasteiger partial charge in [0.15, 0.2) is 6.10 Å². The lowest BCUT2D eigenvalue weighted by atomic mass is 9.94. The highest BCUT2D eigenvalue weighted by Crippen LogP contribution is 2.51. The SMILES string of the molecule is O=C(C(O)c1cccc(Cl)c1)N1CCc2nc(C3(c4ccccc4)CC3)[nH]c(=O)c2C1. The van der Waals surface area contributed by atoms with E-state index in [-0.39, 0.29) is 17.5 Å². The second-order valence-electron chi connectivity index (χ2n) is 8.26. The highest BCUT2D eigenvalue weighted by atomic mass is 35.5. The van der Waals surface area contributed by atoms with Gasteiger partial charge in [0.25, 0.3) is 11.5 Å². The van der Waals surface area contributed by atoms with Crippen molar-refractivity contribution in [3.8, 4) is 0 Å². The van der Waals surface area contributed by atoms with Crippen LogP contribution < -0.4 is 5.56 Å². The molecule has 3 aromatic rings. The summed E-state index contributed by atoms with van der Waals surface area (Å²) < 4.78 is 0. The monoisotopic (exact) mass is 435 g/mol. The minimum atomic E-state index is -1.32. The maximum atomic E-state index is 12.9. The molecular weight excluding hydrogens is 414 g/mol. The fraction of sp³-hybridized carbons (Fsp3) is 0.292. The number of hydrogen-bond acceptors (Lipinski definition) is 4. The Morgan fingerprint density at radius 1 is 1.16 bits per heavy atom. The van der Waals surface area contributed by atoms with Gasteiger partial charge >= 0.3 is 0 Å². The third kappa shape index (κ3) is 3.56. The van der Waals surface area contributed by atoms with Crippen LogP contribution >= 0.6 is 11.6 Å². The highest BCUT2D eigenvalue weighted by Gasteiger charge is 2.48. The molecule has 2 aliphatic rings. The van der Waals surface area contributed by atoms with E-state index in [0.717, 1.165) is 24.1 Å². The molecule has 1 unspecified atom stereocenters. The van der Waals surface area contributed by atoms with Gasteiger partial charge in [-0.1, -0.05) is 54.1 Å². The van der Waals surface area contributed by atoms with Crippen LogP contribution in [0.15, 0.2) is 59.4 Å². The number of nitrogens with one attached hydrogen (secondary N) is 1. The molecule has 158 valence electrons. The van der Waals surface area contributed by atoms with Crippen molar-refractivity contribution in [1.82, 2.24) is 14.9 Å². The Morgan fingerprint density at radius 3 is 2.65 bits per heavy atom. The number of aliphatic hydroxyl groups excluding tert-OH is 1. The lowest BCUT2D eigenvalue weighted by molar-refractivity contribution is -0.141. The molecule has 1 aliphatic heterocycles. The summed E-state index contributed by atoms with van der Waals surface area (Å²) in [6, 6.07) is 16.7. The molecule has 31 heavy (non-hydrogen) atoms. The number of fused-ring (bicyclic) bond motifs is 1. The van der Waals surface area contributed by atoms with E-state index in [2.05, 4.69) is 17.1 Å². The van der Waals surface area contributed by atoms with Crippen molar-refractivity contribution in [2.24, 2.45) is 0 Å². The van der Waals surface area contributed by atoms with Gasteiger partial charge in [0.05, 0.1) is 23.2 Å². The number of amides is 1. The van der Waals surface area contributed by atoms with E-state index in [4.69, 9.17) is 16.6 Å². The maximum Gasteiger partial charge on any atom is 0.256 e. The van der Waals surface area contributed by atoms with Crippen molar-refractivity contribution >= 4 is 17.5 Å². The molecule has 1 saturated carbocycles. The summed E-state index contributed by atoms with van der Waals surface area (Å²) in [5, 5.41) is 11.0. The topological polar surface area (TPSA) is 86.3 Å². The second kappa shape index (κ2) is 7.62. The molecule has 1 aliphatic carbocycles. The van der Waals surface area contributed by atoms with Gasteiger partial charge in [0.2, 0.25) is 0 Å². The molecule has 0 saturated heterocycles. The van der Waals surface area contributed by atoms with E-state index < -0.39 is 12.0 Å². The van der Waals surface area contributed by atoms with E-state index in [1.165, 1.54) is 4.90 Å². The molecule has 7 heteroatoms. The quantitative estimate of drug-likeness (QED) is 0.659. The number of aromatic nitrogens is 2. The number of hydrogen-bond donors (Lipinski definition) is 2. The summed E-state index contributed by atoms with van der Waals surface area (Å²) in [4.78, 5) is 35.1. The first-order chi connectivity index (χ1) is 15.0. The molecular formula is C24H22ClN3O3. The number of halogens is 1. The molecule has 1 atom stereocenters. The number of carbonyl (C=O) groups excluding carboxylic acids is 1. The molecule has 2 N–H and O–H groups in total. The first-order valence-corrected chi connectivity index (χ1v) is 10.8. The van der Waals surface area contributed by atoms with Gasteiger partial charge < -0.3 is 15.0 Å². The first kappa shape index (κ1) is 20.0. The number of benzene rings is 2. The second-order valence-corrected chi connectivity index (χ2v) is 8.69. The zero-order valence-electron chi connectivity index (χ0n) is 16.8. The first-order valence-electron chi connectivity index (χ1n) is 10.4. The van der Waals surface area contributed by atoms with E-state index in [1.54, 1.807) is 24.3 Å². The molecule has 0 spiro atoms. The van der Waals surface area contributed by atoms with Crippen LogP contribution in [0.5, 0.6) is 0 Å². The smallest absolute Gasteiger partial charge is 0.256 e. The van der Waals surface area contributed by atoms with Crippen LogP contribution in [0.25, 0.3) is 0 Å². The fourth-order valence-corrected chi connectivity index (χ4v) is 4.58. The Kier molecular flexibility index (Phi) is 4.91. The molecule has 1 aromatic heterocycles. The lowest BCUT2D eigenvalue weighted by Gasteiger charge is -2.30. The number of carbonyl (C=O) groups is 1. The zero-order valence-corrected chi connectivity index (χ0v) is 17.6. The molecule has 0 radical (unpaired) electrons. The maximum absolute atomic E-state index is 12.9. The van der Waals surface area contributed by atoms with Gasteiger partial charge in [-0.05, 0) is 36.1 Å². The summed E-state index contributed by atoms with van der Waals surface area (Å²) in [5.74, 6) is 0.264. The van der Waals surface area contributed by atoms with Crippen LogP contribution in [0.1, 0.15) is 47.2 Å². The van der Waals surface area contributed by atoms with Crippen molar-refractivity contribution in [1.29, 1.82) is 0 Å². The molecule has 2 aromatic carbocycles. The largest absolute Gasteiger partial charge is 0.378 e. The fourth-order valence-electron chi connectivity index (χ4n) is 4.38. The van der Waals surface area contributed by atoms with Crippen molar-refractivity contribution < 1.29 is 9.90 Å². The van der Waals surface area contributed by atoms with Crippen molar-refractivity contribution in [3.63, 3.8) is 0 Å². The predicted molar refractivity (Wildman–Crippen MR) is 117 cm³/mol. The Balaban J connectivity index is 1.40. The van der Waals surface area contributed by atoms with Gasteiger partial charge in [0.1, 0.15) is 5.82 Å². The normalized spacial score (nSPS) is 17.7. The van der Waals surface area contributed by atoms with Crippen LogP contribution in [0.4, 0.5) is 0 Å². The van der Waals surface area contributed by atoms with E-state index in [9.17, 15) is 14.7 Å². The molecule has 1 amide bonds. The summed E-state index contributed by atoms with van der Waals surface area (Å²) >= 11 is 5.98. The summed E-state index contributed by atoms with van der Waals surface area (Å²) in [6.07, 6.45) is 1.06. The average Bonchev–Trinajstić information content (AvgIpc) is 3.61. The number of aromatic amines is 1. The zero-order chi connectivity index (χ0) is 21.6. The van der Waals surface area contributed by atoms with Gasteiger partial charge in [-0.3, -0.25) is 9.59 Å². The molecule has 0 bridgehead atoms. The Bertz CT molecular complexity index is 1200. The van der Waals surface area contributed by atoms with Crippen LogP contribution in [0.3, 0.4) is 0 Å². The average molecular weight is 436 g/mol. The molecule has 1 fully saturated rings. The minimum absolute atomic E-state index is 0.132. The predicted octanol–water partition coefficient (Wildman–Crippen LogP) is 3.12. The summed E-state index contributed by atoms with van der Waals surface area (Å²) in [6.45, 7) is 0.532. The Morgan fingerprint density at radius 2 is 1.94 bits per heavy atom. The van der Waals surface area contributed by atoms with Crippen LogP contribution in [0.2, 0.25) is 5.02 Å². The molecule has 5 rings (SSSR count). The van der Waals surface area contributed by atoms with Gasteiger partial charge in [0, 0.05) is 18.0 Å². The third-order valence-corrected chi connectivity index (χ3v) is 6.54. The van der Waals surface area contributed by atoms with Crippen LogP contribution in [0, 0.1) is 0 Å². The summed E-state index contributed by atoms with van der Waals surface area (Å²) in [5.41, 5.74) is 2.40. The van der Waals surface area contributed by atoms with E-state index >= 15 is 0 Å². The van der Waals surface area contributed by atoms with Crippen LogP contribution in [-0.2, 0) is 23.2 Å². The number of nitrogens with zero attached hydrogens (tertiary/aromatic N) is 2. The minimum Gasteiger partial charge on any atom is -0.378 e. The van der Waals surface area contributed by atoms with Gasteiger partial charge in [-0.15, -0.1) is 0 Å². The Hall–Kier alpha value is -2.96. The molecule has 2 heterocycles. The Labute approximate surface area is 184 Å². The van der Waals surface area contributed by atoms with Crippen molar-refractivity contribution in [3.05, 3.63) is 98.2 Å². The molecule has 6 nitrogen and oxygen atoms in total. The van der Waals surface area contributed by atoms with Gasteiger partial charge in [-0.25, -0.2) is 4.98 Å². The lowest BCUT2D eigenvalue weighted by Crippen LogP contribution is -2.42.